The van der Waals surface area contributed by atoms with Gasteiger partial charge in [0.25, 0.3) is 0 Å². The minimum atomic E-state index is 0.0773. The number of nitrogens with one attached hydrogen (secondary N) is 1. The molecule has 0 unspecified atom stereocenters. The molecule has 0 aliphatic rings. The van der Waals surface area contributed by atoms with Gasteiger partial charge >= 0.3 is 0 Å². The molecule has 0 radical (unpaired) electrons. The number of hydrazone groups is 1. The van der Waals surface area contributed by atoms with Crippen LogP contribution in [0.2, 0.25) is 0 Å². The molecule has 128 valence electrons. The fourth-order valence-corrected chi connectivity index (χ4v) is 3.50. The fourth-order valence-electron chi connectivity index (χ4n) is 2.19. The number of allylic oxidation sites excluding steroid dienone is 1. The molecule has 25 heavy (non-hydrogen) atoms. The standard InChI is InChI=1S/C16H15N5O2S2/c1-3-6-21-15-13(25-16(21)24)14(17-9-18-15)20-19-8-10-4-5-11(22)12(7-10)23-2/h3-5,7-9,22H,1,6H2,2H3,(H,17,18,20)/b19-8+. The van der Waals surface area contributed by atoms with Crippen LogP contribution in [-0.4, -0.2) is 33.0 Å². The van der Waals surface area contributed by atoms with Crippen molar-refractivity contribution >= 4 is 45.9 Å². The molecule has 0 saturated heterocycles. The number of aromatic hydroxyl groups is 1. The van der Waals surface area contributed by atoms with Gasteiger partial charge in [-0.1, -0.05) is 17.4 Å². The number of phenolic OH excluding ortho intramolecular Hbond substituents is 1. The van der Waals surface area contributed by atoms with Crippen LogP contribution < -0.4 is 10.2 Å². The van der Waals surface area contributed by atoms with Crippen LogP contribution in [0, 0.1) is 3.95 Å². The van der Waals surface area contributed by atoms with Crippen molar-refractivity contribution in [3.8, 4) is 11.5 Å². The van der Waals surface area contributed by atoms with Crippen LogP contribution in [-0.2, 0) is 6.54 Å². The van der Waals surface area contributed by atoms with Crippen molar-refractivity contribution in [2.45, 2.75) is 6.54 Å². The largest absolute Gasteiger partial charge is 0.504 e. The van der Waals surface area contributed by atoms with Crippen LogP contribution >= 0.6 is 23.6 Å². The summed E-state index contributed by atoms with van der Waals surface area (Å²) in [5.41, 5.74) is 4.42. The first kappa shape index (κ1) is 17.1. The lowest BCUT2D eigenvalue weighted by atomic mass is 10.2. The van der Waals surface area contributed by atoms with Crippen molar-refractivity contribution in [1.29, 1.82) is 0 Å². The molecule has 2 heterocycles. The number of fused-ring (bicyclic) bond motifs is 1. The number of thiazole rings is 1. The number of nitrogens with zero attached hydrogens (tertiary/aromatic N) is 4. The van der Waals surface area contributed by atoms with E-state index in [0.717, 1.165) is 15.9 Å². The second kappa shape index (κ2) is 7.41. The van der Waals surface area contributed by atoms with Crippen molar-refractivity contribution in [3.05, 3.63) is 46.7 Å². The van der Waals surface area contributed by atoms with Crippen LogP contribution in [0.5, 0.6) is 11.5 Å². The maximum absolute atomic E-state index is 9.61. The first-order valence-electron chi connectivity index (χ1n) is 7.25. The van der Waals surface area contributed by atoms with Crippen LogP contribution in [0.15, 0.2) is 42.3 Å². The lowest BCUT2D eigenvalue weighted by Gasteiger charge is -2.04. The summed E-state index contributed by atoms with van der Waals surface area (Å²) in [6, 6.07) is 4.95. The maximum atomic E-state index is 9.61. The van der Waals surface area contributed by atoms with E-state index < -0.39 is 0 Å². The van der Waals surface area contributed by atoms with E-state index >= 15 is 0 Å². The molecule has 0 spiro atoms. The normalized spacial score (nSPS) is 11.1. The lowest BCUT2D eigenvalue weighted by Crippen LogP contribution is -1.99. The molecule has 0 amide bonds. The number of anilines is 1. The van der Waals surface area contributed by atoms with Crippen LogP contribution in [0.25, 0.3) is 10.3 Å². The number of methoxy groups -OCH3 is 1. The smallest absolute Gasteiger partial charge is 0.169 e. The third kappa shape index (κ3) is 3.52. The molecule has 9 heteroatoms. The molecule has 7 nitrogen and oxygen atoms in total. The fraction of sp³-hybridized carbons (Fsp3) is 0.125. The zero-order valence-electron chi connectivity index (χ0n) is 13.3. The Morgan fingerprint density at radius 2 is 2.32 bits per heavy atom. The van der Waals surface area contributed by atoms with Crippen molar-refractivity contribution < 1.29 is 9.84 Å². The quantitative estimate of drug-likeness (QED) is 0.297. The van der Waals surface area contributed by atoms with E-state index in [0.29, 0.717) is 22.1 Å². The molecular weight excluding hydrogens is 358 g/mol. The first-order chi connectivity index (χ1) is 12.1. The monoisotopic (exact) mass is 373 g/mol. The minimum Gasteiger partial charge on any atom is -0.504 e. The van der Waals surface area contributed by atoms with Gasteiger partial charge in [-0.2, -0.15) is 5.10 Å². The Morgan fingerprint density at radius 1 is 1.48 bits per heavy atom. The molecule has 0 saturated carbocycles. The highest BCUT2D eigenvalue weighted by molar-refractivity contribution is 7.73. The van der Waals surface area contributed by atoms with E-state index in [4.69, 9.17) is 17.0 Å². The SMILES string of the molecule is C=CCn1c(=S)sc2c(N/N=C/c3ccc(O)c(OC)c3)ncnc21. The maximum Gasteiger partial charge on any atom is 0.169 e. The molecule has 0 aliphatic heterocycles. The second-order valence-corrected chi connectivity index (χ2v) is 6.59. The summed E-state index contributed by atoms with van der Waals surface area (Å²) < 4.78 is 8.49. The average molecular weight is 373 g/mol. The Balaban J connectivity index is 1.87. The van der Waals surface area contributed by atoms with Crippen LogP contribution in [0.4, 0.5) is 5.82 Å². The van der Waals surface area contributed by atoms with Gasteiger partial charge in [-0.3, -0.25) is 5.43 Å². The number of hydrogen-bond acceptors (Lipinski definition) is 8. The van der Waals surface area contributed by atoms with Crippen molar-refractivity contribution in [3.63, 3.8) is 0 Å². The topological polar surface area (TPSA) is 84.6 Å². The van der Waals surface area contributed by atoms with E-state index in [1.54, 1.807) is 30.5 Å². The number of ether oxygens (including phenoxy) is 1. The highest BCUT2D eigenvalue weighted by atomic mass is 32.1. The van der Waals surface area contributed by atoms with E-state index in [-0.39, 0.29) is 5.75 Å². The number of phenols is 1. The highest BCUT2D eigenvalue weighted by Crippen LogP contribution is 2.27. The summed E-state index contributed by atoms with van der Waals surface area (Å²) in [6.07, 6.45) is 4.84. The summed E-state index contributed by atoms with van der Waals surface area (Å²) in [7, 11) is 1.49. The first-order valence-corrected chi connectivity index (χ1v) is 8.48. The third-order valence-electron chi connectivity index (χ3n) is 3.35. The van der Waals surface area contributed by atoms with Gasteiger partial charge < -0.3 is 14.4 Å². The Kier molecular flexibility index (Phi) is 5.05. The summed E-state index contributed by atoms with van der Waals surface area (Å²) in [5.74, 6) is 1.03. The zero-order chi connectivity index (χ0) is 17.8. The van der Waals surface area contributed by atoms with Crippen molar-refractivity contribution in [2.75, 3.05) is 12.5 Å². The Hall–Kier alpha value is -2.78. The molecule has 0 fully saturated rings. The number of aromatic nitrogens is 3. The average Bonchev–Trinajstić information content (AvgIpc) is 2.93. The van der Waals surface area contributed by atoms with E-state index in [9.17, 15) is 5.11 Å². The third-order valence-corrected chi connectivity index (χ3v) is 4.80. The van der Waals surface area contributed by atoms with Gasteiger partial charge in [0.1, 0.15) is 11.0 Å². The predicted octanol–water partition coefficient (Wildman–Crippen LogP) is 3.57. The molecule has 2 aromatic heterocycles. The van der Waals surface area contributed by atoms with Crippen LogP contribution in [0.3, 0.4) is 0 Å². The number of rotatable bonds is 6. The Morgan fingerprint density at radius 3 is 3.08 bits per heavy atom. The van der Waals surface area contributed by atoms with Crippen LogP contribution in [0.1, 0.15) is 5.56 Å². The second-order valence-electron chi connectivity index (χ2n) is 4.94. The predicted molar refractivity (Wildman–Crippen MR) is 102 cm³/mol. The van der Waals surface area contributed by atoms with Gasteiger partial charge in [0.2, 0.25) is 0 Å². The summed E-state index contributed by atoms with van der Waals surface area (Å²) in [4.78, 5) is 8.52. The van der Waals surface area contributed by atoms with Gasteiger partial charge in [-0.25, -0.2) is 9.97 Å². The van der Waals surface area contributed by atoms with E-state index in [1.165, 1.54) is 24.8 Å². The summed E-state index contributed by atoms with van der Waals surface area (Å²) in [5, 5.41) is 13.8. The highest BCUT2D eigenvalue weighted by Gasteiger charge is 2.10. The van der Waals surface area contributed by atoms with E-state index in [1.807, 2.05) is 4.57 Å². The molecule has 0 atom stereocenters. The Labute approximate surface area is 152 Å². The zero-order valence-corrected chi connectivity index (χ0v) is 15.0. The number of benzene rings is 1. The molecule has 0 bridgehead atoms. The summed E-state index contributed by atoms with van der Waals surface area (Å²) in [6.45, 7) is 4.33. The van der Waals surface area contributed by atoms with Gasteiger partial charge in [0, 0.05) is 6.54 Å². The minimum absolute atomic E-state index is 0.0773. The van der Waals surface area contributed by atoms with Gasteiger partial charge in [-0.05, 0) is 36.0 Å². The van der Waals surface area contributed by atoms with Gasteiger partial charge in [0.05, 0.1) is 13.3 Å². The Bertz CT molecular complexity index is 1010. The van der Waals surface area contributed by atoms with Crippen molar-refractivity contribution in [2.24, 2.45) is 5.10 Å². The molecule has 0 aliphatic carbocycles. The molecule has 2 N–H and O–H groups in total. The van der Waals surface area contributed by atoms with Crippen molar-refractivity contribution in [1.82, 2.24) is 14.5 Å². The molecular formula is C16H15N5O2S2. The molecule has 1 aromatic carbocycles. The molecule has 3 rings (SSSR count). The molecule has 3 aromatic rings. The summed E-state index contributed by atoms with van der Waals surface area (Å²) >= 11 is 6.78. The van der Waals surface area contributed by atoms with Gasteiger partial charge in [0.15, 0.2) is 26.9 Å². The van der Waals surface area contributed by atoms with E-state index in [2.05, 4.69) is 27.1 Å². The lowest BCUT2D eigenvalue weighted by molar-refractivity contribution is 0.373. The van der Waals surface area contributed by atoms with Gasteiger partial charge in [-0.15, -0.1) is 6.58 Å². The number of hydrogen-bond donors (Lipinski definition) is 2.